The van der Waals surface area contributed by atoms with Gasteiger partial charge in [-0.15, -0.1) is 20.4 Å². The number of nitrogens with two attached hydrogens (primary N) is 1. The van der Waals surface area contributed by atoms with Crippen LogP contribution in [-0.2, 0) is 19.3 Å². The number of anilines is 4. The molecule has 18 rings (SSSR count). The number of aromatic nitrogens is 7. The van der Waals surface area contributed by atoms with E-state index in [1.54, 1.807) is 18.2 Å². The van der Waals surface area contributed by atoms with Crippen molar-refractivity contribution >= 4 is 162 Å². The van der Waals surface area contributed by atoms with Crippen LogP contribution in [0.25, 0.3) is 43.9 Å². The van der Waals surface area contributed by atoms with E-state index in [-0.39, 0.29) is 141 Å². The molecule has 0 unspecified atom stereocenters. The van der Waals surface area contributed by atoms with Gasteiger partial charge in [-0.3, -0.25) is 19.2 Å². The standard InChI is InChI=1S/C26H25N5O2.C24H19Cl2N5O3.C24H15Cl2N5O3.C20H20Cl2N6O3.CH4/c1-14(2)20-12-25(32)29-23-7-6-18(11-22(20)23)10-21-15(3)8-19(9-16(21)4)31-26(33)28-17(5)24(13-27)30-31;2*1-13-12-27-31(24(33)28-13)17-9-19(25)22(20(26)10-17)34-21-11-18(23(32)30-29-21)16-7-6-14-4-2-3-5-15(14)8-16;1-9-17(23)27-28(19(30)24-9)11-4-13(21)16(14(22)5-11)31-15-6-12(18(29)26-25-15)10-7-20(2,3)8-10;/h6-9,11-12,14H,5,10H2,1-4H3,(H,28,33)(H,29,32);6-12H,1-5H2,(H,28,33)(H,30,32);2-12H,1H2,(H,28,33)(H,30,32);4-6,10H,1,7-8H2,2-3H3,(H2,23,27)(H,24,30)(H,26,29);1H4. The molecule has 4 aliphatic heterocycles. The third kappa shape index (κ3) is 21.1. The van der Waals surface area contributed by atoms with Crippen LogP contribution < -0.4 is 83.5 Å². The number of hydrogen-bond donors (Lipinski definition) is 9. The van der Waals surface area contributed by atoms with Gasteiger partial charge in [0.25, 0.3) is 16.7 Å². The number of amidine groups is 1. The summed E-state index contributed by atoms with van der Waals surface area (Å²) in [5.74, 6) is 1.17. The lowest BCUT2D eigenvalue weighted by Gasteiger charge is -2.42. The molecule has 1 saturated carbocycles. The summed E-state index contributed by atoms with van der Waals surface area (Å²) in [6.45, 7) is 27.0. The fourth-order valence-corrected chi connectivity index (χ4v) is 17.1. The van der Waals surface area contributed by atoms with E-state index in [1.165, 1.54) is 77.5 Å². The molecule has 0 saturated heterocycles. The first-order valence-electron chi connectivity index (χ1n) is 40.8. The number of carbonyl (C=O) groups excluding carboxylic acids is 4. The van der Waals surface area contributed by atoms with Gasteiger partial charge in [-0.05, 0) is 204 Å². The average molecular weight is 1910 g/mol. The number of nitrogens with one attached hydrogen (secondary N) is 8. The van der Waals surface area contributed by atoms with E-state index in [0.717, 1.165) is 102 Å². The van der Waals surface area contributed by atoms with Crippen LogP contribution in [0, 0.1) is 30.6 Å². The first-order chi connectivity index (χ1) is 63.0. The van der Waals surface area contributed by atoms with Crippen molar-refractivity contribution in [1.29, 1.82) is 5.26 Å². The number of H-pyrrole nitrogens is 4. The summed E-state index contributed by atoms with van der Waals surface area (Å²) in [6, 6.07) is 44.7. The number of nitrogens with zero attached hydrogens (tertiary/aromatic N) is 12. The first-order valence-corrected chi connectivity index (χ1v) is 43.0. The normalized spacial score (nSPS) is 15.0. The molecule has 6 aliphatic rings. The predicted octanol–water partition coefficient (Wildman–Crippen LogP) is 20.7. The second-order valence-corrected chi connectivity index (χ2v) is 34.7. The van der Waals surface area contributed by atoms with Gasteiger partial charge in [0.2, 0.25) is 23.2 Å². The number of aryl methyl sites for hydroxylation is 4. The fourth-order valence-electron chi connectivity index (χ4n) is 15.4. The Morgan fingerprint density at radius 3 is 1.49 bits per heavy atom. The number of urea groups is 4. The van der Waals surface area contributed by atoms with E-state index >= 15 is 0 Å². The second kappa shape index (κ2) is 39.4. The lowest BCUT2D eigenvalue weighted by molar-refractivity contribution is 0.150. The lowest BCUT2D eigenvalue weighted by Crippen LogP contribution is -2.45. The number of hydrogen-bond acceptors (Lipinski definition) is 20. The van der Waals surface area contributed by atoms with Crippen LogP contribution in [0.5, 0.6) is 34.9 Å². The van der Waals surface area contributed by atoms with E-state index in [4.69, 9.17) is 89.5 Å². The molecule has 8 heterocycles. The molecule has 0 bridgehead atoms. The molecule has 0 spiro atoms. The number of halogens is 6. The minimum Gasteiger partial charge on any atom is -0.434 e. The molecule has 1 fully saturated rings. The Hall–Kier alpha value is -15.0. The lowest BCUT2D eigenvalue weighted by atomic mass is 9.62. The Bertz CT molecular complexity index is 7220. The van der Waals surface area contributed by atoms with Gasteiger partial charge in [-0.25, -0.2) is 34.5 Å². The number of ether oxygens (including phenoxy) is 3. The largest absolute Gasteiger partial charge is 0.434 e. The molecule has 38 heteroatoms. The van der Waals surface area contributed by atoms with Gasteiger partial charge in [0, 0.05) is 40.7 Å². The maximum absolute atomic E-state index is 12.5. The van der Waals surface area contributed by atoms with Crippen molar-refractivity contribution in [3.8, 4) is 63.2 Å². The smallest absolute Gasteiger partial charge is 0.347 e. The van der Waals surface area contributed by atoms with Crippen LogP contribution in [0.4, 0.5) is 41.9 Å². The summed E-state index contributed by atoms with van der Waals surface area (Å²) in [4.78, 5) is 101. The minimum atomic E-state index is -0.560. The third-order valence-corrected chi connectivity index (χ3v) is 23.6. The Kier molecular flexibility index (Phi) is 27.9. The molecular formula is C95H83Cl6N21O11. The van der Waals surface area contributed by atoms with Crippen molar-refractivity contribution in [3.63, 3.8) is 0 Å². The second-order valence-electron chi connectivity index (χ2n) is 32.3. The molecular weight excluding hydrogens is 1820 g/mol. The number of amides is 8. The van der Waals surface area contributed by atoms with Crippen molar-refractivity contribution in [2.24, 2.45) is 31.6 Å². The van der Waals surface area contributed by atoms with E-state index in [0.29, 0.717) is 57.1 Å². The zero-order chi connectivity index (χ0) is 94.0. The quantitative estimate of drug-likeness (QED) is 0.0434. The fraction of sp³-hybridized carbons (Fsp3) is 0.179. The molecule has 8 aromatic carbocycles. The number of nitriles is 1. The SMILES string of the molecule is C.C=C1C=NN(c2cc(Cl)c(Oc3cc(-c4ccc5c(c4)CCCC5)c(=O)[nH]n3)c(Cl)c2)C(=O)N1.C=C1C=NN(c2cc(Cl)c(Oc3cc(-c4ccc5ccccc5c4)c(=O)[nH]n3)c(Cl)c2)C(=O)N1.C=C1NC(=O)N(c2cc(C)c(Cc3ccc4[nH]c(=O)cc(C(C)C)c4c3)c(C)c2)N=C1C#N.C=C1NC(=O)N(c2cc(Cl)c(Oc3cc(C4CC(C)(C)C4)c(=O)[nH]n3)c(Cl)c2)N=C1N. The highest BCUT2D eigenvalue weighted by atomic mass is 35.5. The number of allylic oxidation sites excluding steroid dienone is 3. The molecule has 12 aromatic rings. The maximum Gasteiger partial charge on any atom is 0.347 e. The van der Waals surface area contributed by atoms with Gasteiger partial charge in [-0.2, -0.15) is 40.6 Å². The Morgan fingerprint density at radius 2 is 0.977 bits per heavy atom. The van der Waals surface area contributed by atoms with Gasteiger partial charge in [0.15, 0.2) is 28.8 Å². The van der Waals surface area contributed by atoms with Crippen LogP contribution >= 0.6 is 69.6 Å². The molecule has 4 aromatic heterocycles. The highest BCUT2D eigenvalue weighted by Crippen LogP contribution is 2.51. The molecule has 32 nitrogen and oxygen atoms in total. The zero-order valence-corrected chi connectivity index (χ0v) is 75.8. The van der Waals surface area contributed by atoms with Crippen molar-refractivity contribution in [2.75, 3.05) is 20.0 Å². The van der Waals surface area contributed by atoms with Crippen molar-refractivity contribution < 1.29 is 33.4 Å². The molecule has 676 valence electrons. The number of fused-ring (bicyclic) bond motifs is 3. The van der Waals surface area contributed by atoms with Crippen LogP contribution in [0.1, 0.15) is 117 Å². The Morgan fingerprint density at radius 1 is 0.519 bits per heavy atom. The summed E-state index contributed by atoms with van der Waals surface area (Å²) in [5, 5.41) is 63.1. The molecule has 8 amide bonds. The number of aromatic amines is 4. The van der Waals surface area contributed by atoms with E-state index in [2.05, 4.69) is 149 Å². The van der Waals surface area contributed by atoms with Crippen molar-refractivity contribution in [1.82, 2.24) is 56.8 Å². The highest BCUT2D eigenvalue weighted by Gasteiger charge is 2.39. The molecule has 10 N–H and O–H groups in total. The van der Waals surface area contributed by atoms with Crippen LogP contribution in [0.15, 0.2) is 240 Å². The monoisotopic (exact) mass is 1900 g/mol. The van der Waals surface area contributed by atoms with Crippen LogP contribution in [-0.4, -0.2) is 83.7 Å². The van der Waals surface area contributed by atoms with Gasteiger partial charge in [0.1, 0.15) is 6.07 Å². The van der Waals surface area contributed by atoms with E-state index in [1.807, 2.05) is 92.7 Å². The summed E-state index contributed by atoms with van der Waals surface area (Å²) < 4.78 is 17.4. The van der Waals surface area contributed by atoms with Crippen LogP contribution in [0.3, 0.4) is 0 Å². The minimum absolute atomic E-state index is 0. The first kappa shape index (κ1) is 94.1. The van der Waals surface area contributed by atoms with Crippen LogP contribution in [0.2, 0.25) is 30.1 Å². The molecule has 133 heavy (non-hydrogen) atoms. The number of pyridine rings is 1. The summed E-state index contributed by atoms with van der Waals surface area (Å²) in [6.07, 6.45) is 9.71. The third-order valence-electron chi connectivity index (χ3n) is 21.9. The number of rotatable bonds is 16. The van der Waals surface area contributed by atoms with Crippen molar-refractivity contribution in [2.45, 2.75) is 106 Å². The van der Waals surface area contributed by atoms with E-state index in [9.17, 15) is 43.6 Å². The molecule has 0 atom stereocenters. The number of benzene rings is 8. The Balaban J connectivity index is 0.000000142. The topological polar surface area (TPSA) is 426 Å². The number of hydrazone groups is 4. The Labute approximate surface area is 789 Å². The molecule has 2 aliphatic carbocycles. The highest BCUT2D eigenvalue weighted by molar-refractivity contribution is 6.39. The zero-order valence-electron chi connectivity index (χ0n) is 71.2. The predicted molar refractivity (Wildman–Crippen MR) is 521 cm³/mol. The van der Waals surface area contributed by atoms with Gasteiger partial charge in [-0.1, -0.05) is 192 Å². The maximum atomic E-state index is 12.5. The summed E-state index contributed by atoms with van der Waals surface area (Å²) in [7, 11) is 0. The van der Waals surface area contributed by atoms with Gasteiger partial charge in [0.05, 0.1) is 99.2 Å². The average Bonchev–Trinajstić information content (AvgIpc) is 0.344. The van der Waals surface area contributed by atoms with Gasteiger partial charge >= 0.3 is 24.1 Å². The number of carbonyl (C=O) groups is 4. The summed E-state index contributed by atoms with van der Waals surface area (Å²) >= 11 is 38.3. The van der Waals surface area contributed by atoms with Gasteiger partial charge < -0.3 is 46.2 Å². The molecule has 0 radical (unpaired) electrons. The summed E-state index contributed by atoms with van der Waals surface area (Å²) in [5.41, 5.74) is 19.3. The van der Waals surface area contributed by atoms with E-state index < -0.39 is 24.1 Å². The van der Waals surface area contributed by atoms with Crippen molar-refractivity contribution in [3.05, 3.63) is 317 Å².